The number of amides is 2. The Morgan fingerprint density at radius 2 is 1.88 bits per heavy atom. The molecule has 0 unspecified atom stereocenters. The molecule has 4 rings (SSSR count). The molecule has 0 bridgehead atoms. The van der Waals surface area contributed by atoms with Crippen LogP contribution in [-0.4, -0.2) is 34.5 Å². The van der Waals surface area contributed by atoms with E-state index in [2.05, 4.69) is 10.5 Å². The van der Waals surface area contributed by atoms with E-state index < -0.39 is 6.04 Å². The molecule has 2 heterocycles. The molecule has 2 aromatic carbocycles. The summed E-state index contributed by atoms with van der Waals surface area (Å²) >= 11 is 0. The lowest BCUT2D eigenvalue weighted by atomic mass is 9.95. The summed E-state index contributed by atoms with van der Waals surface area (Å²) in [7, 11) is 0. The van der Waals surface area contributed by atoms with Gasteiger partial charge in [0.25, 0.3) is 5.91 Å². The highest BCUT2D eigenvalue weighted by atomic mass is 19.1. The van der Waals surface area contributed by atoms with Crippen molar-refractivity contribution in [1.82, 2.24) is 15.4 Å². The minimum Gasteiger partial charge on any atom is -0.355 e. The first kappa shape index (κ1) is 21.7. The van der Waals surface area contributed by atoms with Crippen molar-refractivity contribution in [1.29, 1.82) is 0 Å². The number of benzene rings is 2. The second kappa shape index (κ2) is 8.94. The smallest absolute Gasteiger partial charge is 0.276 e. The molecule has 1 aromatic heterocycles. The normalized spacial score (nSPS) is 18.7. The molecule has 1 aliphatic rings. The van der Waals surface area contributed by atoms with Crippen molar-refractivity contribution >= 4 is 11.8 Å². The molecular formula is C25H26FN3O3. The molecule has 1 saturated heterocycles. The summed E-state index contributed by atoms with van der Waals surface area (Å²) in [5.41, 5.74) is 2.80. The number of rotatable bonds is 5. The fraction of sp³-hybridized carbons (Fsp3) is 0.320. The number of nitrogens with zero attached hydrogens (tertiary/aromatic N) is 2. The lowest BCUT2D eigenvalue weighted by Crippen LogP contribution is -2.58. The van der Waals surface area contributed by atoms with Gasteiger partial charge >= 0.3 is 0 Å². The summed E-state index contributed by atoms with van der Waals surface area (Å²) in [6.07, 6.45) is 0.543. The molecule has 32 heavy (non-hydrogen) atoms. The summed E-state index contributed by atoms with van der Waals surface area (Å²) in [4.78, 5) is 28.0. The number of carbonyl (C=O) groups is 2. The fourth-order valence-corrected chi connectivity index (χ4v) is 3.95. The SMILES string of the molecule is Cc1ccc([C@H]2CN(C(=O)c3cc(-c4ccc(F)cc4)on3)[C@@H](CC(C)C)C(=O)N2)cc1. The maximum Gasteiger partial charge on any atom is 0.276 e. The fourth-order valence-electron chi connectivity index (χ4n) is 3.95. The highest BCUT2D eigenvalue weighted by Crippen LogP contribution is 2.27. The van der Waals surface area contributed by atoms with Crippen LogP contribution in [0.3, 0.4) is 0 Å². The van der Waals surface area contributed by atoms with Gasteiger partial charge in [0.15, 0.2) is 11.5 Å². The van der Waals surface area contributed by atoms with Gasteiger partial charge in [-0.3, -0.25) is 9.59 Å². The van der Waals surface area contributed by atoms with Crippen molar-refractivity contribution in [2.45, 2.75) is 39.3 Å². The van der Waals surface area contributed by atoms with Crippen molar-refractivity contribution in [2.75, 3.05) is 6.54 Å². The molecule has 3 aromatic rings. The number of piperazine rings is 1. The molecule has 2 amide bonds. The van der Waals surface area contributed by atoms with Gasteiger partial charge in [-0.2, -0.15) is 0 Å². The lowest BCUT2D eigenvalue weighted by molar-refractivity contribution is -0.130. The number of nitrogens with one attached hydrogen (secondary N) is 1. The van der Waals surface area contributed by atoms with E-state index in [1.807, 2.05) is 45.0 Å². The van der Waals surface area contributed by atoms with Crippen LogP contribution >= 0.6 is 0 Å². The number of halogens is 1. The van der Waals surface area contributed by atoms with E-state index in [9.17, 15) is 14.0 Å². The van der Waals surface area contributed by atoms with Crippen LogP contribution in [0.4, 0.5) is 4.39 Å². The topological polar surface area (TPSA) is 75.4 Å². The van der Waals surface area contributed by atoms with E-state index in [1.165, 1.54) is 18.2 Å². The van der Waals surface area contributed by atoms with E-state index in [0.29, 0.717) is 24.3 Å². The predicted molar refractivity (Wildman–Crippen MR) is 118 cm³/mol. The first-order valence-corrected chi connectivity index (χ1v) is 10.7. The molecule has 0 radical (unpaired) electrons. The highest BCUT2D eigenvalue weighted by molar-refractivity contribution is 5.97. The summed E-state index contributed by atoms with van der Waals surface area (Å²) in [6, 6.07) is 14.3. The second-order valence-electron chi connectivity index (χ2n) is 8.66. The lowest BCUT2D eigenvalue weighted by Gasteiger charge is -2.40. The minimum absolute atomic E-state index is 0.121. The Bertz CT molecular complexity index is 1110. The second-order valence-corrected chi connectivity index (χ2v) is 8.66. The molecule has 7 heteroatoms. The van der Waals surface area contributed by atoms with Crippen LogP contribution in [0, 0.1) is 18.7 Å². The van der Waals surface area contributed by atoms with Gasteiger partial charge in [-0.1, -0.05) is 48.8 Å². The molecule has 2 atom stereocenters. The van der Waals surface area contributed by atoms with Crippen LogP contribution < -0.4 is 5.32 Å². The Labute approximate surface area is 186 Å². The van der Waals surface area contributed by atoms with E-state index in [1.54, 1.807) is 17.0 Å². The van der Waals surface area contributed by atoms with Crippen LogP contribution in [0.1, 0.15) is 47.9 Å². The molecule has 166 valence electrons. The third-order valence-electron chi connectivity index (χ3n) is 5.67. The third-order valence-corrected chi connectivity index (χ3v) is 5.67. The van der Waals surface area contributed by atoms with Gasteiger partial charge in [-0.25, -0.2) is 4.39 Å². The van der Waals surface area contributed by atoms with Gasteiger partial charge in [0.2, 0.25) is 5.91 Å². The van der Waals surface area contributed by atoms with Crippen LogP contribution in [0.15, 0.2) is 59.1 Å². The summed E-state index contributed by atoms with van der Waals surface area (Å²) in [6.45, 7) is 6.38. The Hall–Kier alpha value is -3.48. The average molecular weight is 435 g/mol. The Balaban J connectivity index is 1.62. The van der Waals surface area contributed by atoms with Crippen molar-refractivity contribution in [3.63, 3.8) is 0 Å². The quantitative estimate of drug-likeness (QED) is 0.640. The van der Waals surface area contributed by atoms with Crippen LogP contribution in [0.2, 0.25) is 0 Å². The van der Waals surface area contributed by atoms with Gasteiger partial charge in [0.05, 0.1) is 6.04 Å². The molecular weight excluding hydrogens is 409 g/mol. The van der Waals surface area contributed by atoms with Crippen LogP contribution in [-0.2, 0) is 4.79 Å². The number of hydrogen-bond donors (Lipinski definition) is 1. The highest BCUT2D eigenvalue weighted by Gasteiger charge is 2.39. The minimum atomic E-state index is -0.588. The largest absolute Gasteiger partial charge is 0.355 e. The zero-order valence-electron chi connectivity index (χ0n) is 18.3. The Kier molecular flexibility index (Phi) is 6.08. The van der Waals surface area contributed by atoms with E-state index in [4.69, 9.17) is 4.52 Å². The third kappa shape index (κ3) is 4.56. The first-order valence-electron chi connectivity index (χ1n) is 10.7. The zero-order valence-corrected chi connectivity index (χ0v) is 18.3. The van der Waals surface area contributed by atoms with Crippen molar-refractivity contribution < 1.29 is 18.5 Å². The number of carbonyl (C=O) groups excluding carboxylic acids is 2. The zero-order chi connectivity index (χ0) is 22.8. The van der Waals surface area contributed by atoms with E-state index in [-0.39, 0.29) is 35.3 Å². The van der Waals surface area contributed by atoms with Gasteiger partial charge in [-0.05, 0) is 49.1 Å². The summed E-state index contributed by atoms with van der Waals surface area (Å²) in [5, 5.41) is 7.01. The average Bonchev–Trinajstić information content (AvgIpc) is 3.25. The van der Waals surface area contributed by atoms with Gasteiger partial charge < -0.3 is 14.7 Å². The molecule has 6 nitrogen and oxygen atoms in total. The van der Waals surface area contributed by atoms with Gasteiger partial charge in [0, 0.05) is 18.2 Å². The molecule has 0 saturated carbocycles. The monoisotopic (exact) mass is 435 g/mol. The Morgan fingerprint density at radius 1 is 1.19 bits per heavy atom. The summed E-state index contributed by atoms with van der Waals surface area (Å²) < 4.78 is 18.6. The van der Waals surface area contributed by atoms with Gasteiger partial charge in [-0.15, -0.1) is 0 Å². The maximum absolute atomic E-state index is 13.4. The molecule has 0 aliphatic carbocycles. The van der Waals surface area contributed by atoms with Crippen molar-refractivity contribution in [2.24, 2.45) is 5.92 Å². The predicted octanol–water partition coefficient (Wildman–Crippen LogP) is 4.52. The van der Waals surface area contributed by atoms with Crippen LogP contribution in [0.5, 0.6) is 0 Å². The first-order chi connectivity index (χ1) is 15.3. The number of hydrogen-bond acceptors (Lipinski definition) is 4. The molecule has 1 fully saturated rings. The summed E-state index contributed by atoms with van der Waals surface area (Å²) in [5.74, 6) is -0.303. The van der Waals surface area contributed by atoms with Gasteiger partial charge in [0.1, 0.15) is 11.9 Å². The molecule has 1 N–H and O–H groups in total. The standard InChI is InChI=1S/C25H26FN3O3/c1-15(2)12-22-24(30)27-21(17-6-4-16(3)5-7-17)14-29(22)25(31)20-13-23(32-28-20)18-8-10-19(26)11-9-18/h4-11,13,15,21-22H,12,14H2,1-3H3,(H,27,30)/t21-,22+/m1/s1. The maximum atomic E-state index is 13.4. The van der Waals surface area contributed by atoms with Crippen molar-refractivity contribution in [3.8, 4) is 11.3 Å². The Morgan fingerprint density at radius 3 is 2.53 bits per heavy atom. The van der Waals surface area contributed by atoms with E-state index in [0.717, 1.165) is 11.1 Å². The molecule has 1 aliphatic heterocycles. The van der Waals surface area contributed by atoms with E-state index >= 15 is 0 Å². The number of aromatic nitrogens is 1. The molecule has 0 spiro atoms. The van der Waals surface area contributed by atoms with Crippen molar-refractivity contribution in [3.05, 3.63) is 77.2 Å². The number of aryl methyl sites for hydroxylation is 1. The van der Waals surface area contributed by atoms with Crippen LogP contribution in [0.25, 0.3) is 11.3 Å².